The first-order valence-electron chi connectivity index (χ1n) is 9.03. The van der Waals surface area contributed by atoms with E-state index in [4.69, 9.17) is 0 Å². The van der Waals surface area contributed by atoms with Crippen molar-refractivity contribution < 1.29 is 13.2 Å². The van der Waals surface area contributed by atoms with Gasteiger partial charge in [0.05, 0.1) is 17.5 Å². The second-order valence-corrected chi connectivity index (χ2v) is 11.4. The predicted molar refractivity (Wildman–Crippen MR) is 116 cm³/mol. The predicted octanol–water partition coefficient (Wildman–Crippen LogP) is 2.71. The van der Waals surface area contributed by atoms with Crippen molar-refractivity contribution in [1.82, 2.24) is 5.32 Å². The molecule has 1 aromatic carbocycles. The van der Waals surface area contributed by atoms with E-state index in [0.29, 0.717) is 12.1 Å². The number of fused-ring (bicyclic) bond motifs is 1. The number of thioether (sulfide) groups is 1. The smallest absolute Gasteiger partial charge is 0.251 e. The normalized spacial score (nSPS) is 22.5. The molecule has 6 nitrogen and oxygen atoms in total. The van der Waals surface area contributed by atoms with Crippen molar-refractivity contribution in [1.29, 1.82) is 0 Å². The zero-order chi connectivity index (χ0) is 19.7. The molecule has 2 aromatic rings. The molecule has 2 unspecified atom stereocenters. The maximum absolute atomic E-state index is 12.3. The minimum atomic E-state index is -2.94. The fourth-order valence-corrected chi connectivity index (χ4v) is 7.88. The SMILES string of the molecule is Cc1ccsc1CCNC(=O)c1ccc(NC2=NC3CS(=O)(=O)CC3S2)cc1. The van der Waals surface area contributed by atoms with Gasteiger partial charge in [0.2, 0.25) is 0 Å². The Hall–Kier alpha value is -1.84. The molecule has 4 rings (SSSR count). The van der Waals surface area contributed by atoms with Crippen LogP contribution < -0.4 is 10.6 Å². The van der Waals surface area contributed by atoms with Gasteiger partial charge in [-0.2, -0.15) is 0 Å². The van der Waals surface area contributed by atoms with E-state index in [1.54, 1.807) is 23.5 Å². The molecule has 0 spiro atoms. The van der Waals surface area contributed by atoms with Crippen LogP contribution in [0.3, 0.4) is 0 Å². The van der Waals surface area contributed by atoms with E-state index in [1.807, 2.05) is 12.1 Å². The number of benzene rings is 1. The first-order valence-corrected chi connectivity index (χ1v) is 12.6. The maximum Gasteiger partial charge on any atom is 0.251 e. The lowest BCUT2D eigenvalue weighted by molar-refractivity contribution is 0.0954. The fraction of sp³-hybridized carbons (Fsp3) is 0.368. The van der Waals surface area contributed by atoms with E-state index in [-0.39, 0.29) is 28.7 Å². The zero-order valence-electron chi connectivity index (χ0n) is 15.3. The summed E-state index contributed by atoms with van der Waals surface area (Å²) in [6.07, 6.45) is 0.837. The van der Waals surface area contributed by atoms with Crippen molar-refractivity contribution in [2.75, 3.05) is 23.4 Å². The van der Waals surface area contributed by atoms with E-state index in [1.165, 1.54) is 22.2 Å². The number of hydrogen-bond donors (Lipinski definition) is 2. The third-order valence-corrected chi connectivity index (χ3v) is 9.05. The molecule has 1 fully saturated rings. The van der Waals surface area contributed by atoms with E-state index in [2.05, 4.69) is 34.0 Å². The number of amides is 1. The summed E-state index contributed by atoms with van der Waals surface area (Å²) >= 11 is 3.19. The maximum atomic E-state index is 12.3. The largest absolute Gasteiger partial charge is 0.352 e. The van der Waals surface area contributed by atoms with Gasteiger partial charge in [0.25, 0.3) is 5.91 Å². The number of carbonyl (C=O) groups excluding carboxylic acids is 1. The van der Waals surface area contributed by atoms with Gasteiger partial charge >= 0.3 is 0 Å². The highest BCUT2D eigenvalue weighted by atomic mass is 32.2. The standard InChI is InChI=1S/C19H21N3O3S3/c1-12-7-9-26-16(12)6-8-20-18(23)13-2-4-14(5-3-13)21-19-22-15-10-28(24,25)11-17(15)27-19/h2-5,7,9,15,17H,6,8,10-11H2,1H3,(H,20,23)(H,21,22). The molecule has 1 saturated heterocycles. The molecular weight excluding hydrogens is 414 g/mol. The number of hydrogen-bond acceptors (Lipinski definition) is 7. The summed E-state index contributed by atoms with van der Waals surface area (Å²) < 4.78 is 23.3. The van der Waals surface area contributed by atoms with Crippen LogP contribution in [0.15, 0.2) is 40.7 Å². The van der Waals surface area contributed by atoms with Crippen LogP contribution in [-0.2, 0) is 16.3 Å². The molecule has 0 bridgehead atoms. The summed E-state index contributed by atoms with van der Waals surface area (Å²) in [6, 6.07) is 9.18. The van der Waals surface area contributed by atoms with Gasteiger partial charge in [-0.05, 0) is 54.6 Å². The first kappa shape index (κ1) is 19.5. The van der Waals surface area contributed by atoms with Gasteiger partial charge in [-0.25, -0.2) is 8.42 Å². The molecule has 3 heterocycles. The first-order chi connectivity index (χ1) is 13.4. The van der Waals surface area contributed by atoms with Gasteiger partial charge in [0.15, 0.2) is 15.0 Å². The molecule has 1 aromatic heterocycles. The number of nitrogens with one attached hydrogen (secondary N) is 2. The van der Waals surface area contributed by atoms with E-state index < -0.39 is 9.84 Å². The van der Waals surface area contributed by atoms with E-state index >= 15 is 0 Å². The highest BCUT2D eigenvalue weighted by Crippen LogP contribution is 2.34. The average molecular weight is 436 g/mol. The Balaban J connectivity index is 1.29. The van der Waals surface area contributed by atoms with Gasteiger partial charge in [0, 0.05) is 27.9 Å². The summed E-state index contributed by atoms with van der Waals surface area (Å²) in [7, 11) is -2.94. The van der Waals surface area contributed by atoms with Crippen molar-refractivity contribution in [2.45, 2.75) is 24.6 Å². The molecule has 1 amide bonds. The molecule has 2 atom stereocenters. The number of nitrogens with zero attached hydrogens (tertiary/aromatic N) is 1. The van der Waals surface area contributed by atoms with Crippen LogP contribution in [0.2, 0.25) is 0 Å². The number of thiophene rings is 1. The quantitative estimate of drug-likeness (QED) is 0.754. The van der Waals surface area contributed by atoms with Gasteiger partial charge in [0.1, 0.15) is 0 Å². The third kappa shape index (κ3) is 4.42. The van der Waals surface area contributed by atoms with Gasteiger partial charge in [-0.1, -0.05) is 11.8 Å². The zero-order valence-corrected chi connectivity index (χ0v) is 17.8. The van der Waals surface area contributed by atoms with Crippen LogP contribution in [0.5, 0.6) is 0 Å². The van der Waals surface area contributed by atoms with E-state index in [0.717, 1.165) is 17.3 Å². The number of aliphatic imine (C=N–C) groups is 1. The lowest BCUT2D eigenvalue weighted by atomic mass is 10.2. The van der Waals surface area contributed by atoms with Crippen LogP contribution in [0, 0.1) is 6.92 Å². The second-order valence-electron chi connectivity index (χ2n) is 6.97. The minimum absolute atomic E-state index is 0.0181. The van der Waals surface area contributed by atoms with E-state index in [9.17, 15) is 13.2 Å². The Morgan fingerprint density at radius 2 is 2.00 bits per heavy atom. The number of aryl methyl sites for hydroxylation is 1. The van der Waals surface area contributed by atoms with Crippen LogP contribution in [0.1, 0.15) is 20.8 Å². The molecule has 0 radical (unpaired) electrons. The number of rotatable bonds is 5. The van der Waals surface area contributed by atoms with Gasteiger partial charge in [-0.15, -0.1) is 11.3 Å². The van der Waals surface area contributed by atoms with Gasteiger partial charge in [-0.3, -0.25) is 9.79 Å². The number of amidine groups is 1. The van der Waals surface area contributed by atoms with Crippen molar-refractivity contribution in [3.8, 4) is 0 Å². The Morgan fingerprint density at radius 1 is 1.21 bits per heavy atom. The third-order valence-electron chi connectivity index (χ3n) is 4.82. The van der Waals surface area contributed by atoms with Crippen molar-refractivity contribution in [3.63, 3.8) is 0 Å². The Morgan fingerprint density at radius 3 is 2.68 bits per heavy atom. The average Bonchev–Trinajstić information content (AvgIpc) is 3.28. The van der Waals surface area contributed by atoms with Crippen LogP contribution in [-0.4, -0.2) is 48.8 Å². The molecule has 28 heavy (non-hydrogen) atoms. The summed E-state index contributed by atoms with van der Waals surface area (Å²) in [5, 5.41) is 9.00. The summed E-state index contributed by atoms with van der Waals surface area (Å²) in [5.41, 5.74) is 2.71. The Kier molecular flexibility index (Phi) is 5.48. The van der Waals surface area contributed by atoms with Crippen LogP contribution in [0.4, 0.5) is 5.69 Å². The van der Waals surface area contributed by atoms with Crippen molar-refractivity contribution in [3.05, 3.63) is 51.7 Å². The number of anilines is 1. The van der Waals surface area contributed by atoms with Crippen molar-refractivity contribution >= 4 is 49.7 Å². The molecule has 0 aliphatic carbocycles. The minimum Gasteiger partial charge on any atom is -0.352 e. The molecule has 9 heteroatoms. The Bertz CT molecular complexity index is 1010. The summed E-state index contributed by atoms with van der Waals surface area (Å²) in [6.45, 7) is 2.69. The van der Waals surface area contributed by atoms with Gasteiger partial charge < -0.3 is 10.6 Å². The van der Waals surface area contributed by atoms with Crippen LogP contribution >= 0.6 is 23.1 Å². The number of sulfone groups is 1. The molecule has 2 N–H and O–H groups in total. The highest BCUT2D eigenvalue weighted by Gasteiger charge is 2.42. The fourth-order valence-electron chi connectivity index (χ4n) is 3.30. The molecule has 148 valence electrons. The second kappa shape index (κ2) is 7.88. The molecule has 0 saturated carbocycles. The van der Waals surface area contributed by atoms with Crippen molar-refractivity contribution in [2.24, 2.45) is 4.99 Å². The monoisotopic (exact) mass is 435 g/mol. The lowest BCUT2D eigenvalue weighted by Gasteiger charge is -2.08. The topological polar surface area (TPSA) is 87.6 Å². The molecular formula is C19H21N3O3S3. The molecule has 2 aliphatic rings. The summed E-state index contributed by atoms with van der Waals surface area (Å²) in [5.74, 6) is 0.245. The molecule has 2 aliphatic heterocycles. The van der Waals surface area contributed by atoms with Crippen LogP contribution in [0.25, 0.3) is 0 Å². The summed E-state index contributed by atoms with van der Waals surface area (Å²) in [4.78, 5) is 18.1. The lowest BCUT2D eigenvalue weighted by Crippen LogP contribution is -2.25. The number of carbonyl (C=O) groups is 1. The Labute approximate surface area is 172 Å². The highest BCUT2D eigenvalue weighted by molar-refractivity contribution is 8.15.